The molecule has 0 saturated heterocycles. The Morgan fingerprint density at radius 3 is 2.28 bits per heavy atom. The van der Waals surface area contributed by atoms with Crippen molar-refractivity contribution in [3.8, 4) is 0 Å². The normalized spacial score (nSPS) is 16.6. The van der Waals surface area contributed by atoms with Crippen LogP contribution >= 0.6 is 0 Å². The van der Waals surface area contributed by atoms with Crippen molar-refractivity contribution in [2.24, 2.45) is 5.73 Å². The van der Waals surface area contributed by atoms with Crippen molar-refractivity contribution in [3.05, 3.63) is 35.9 Å². The zero-order chi connectivity index (χ0) is 13.5. The van der Waals surface area contributed by atoms with Crippen molar-refractivity contribution in [3.63, 3.8) is 0 Å². The first-order valence-electron chi connectivity index (χ1n) is 7.08. The van der Waals surface area contributed by atoms with Crippen molar-refractivity contribution in [1.29, 1.82) is 0 Å². The summed E-state index contributed by atoms with van der Waals surface area (Å²) in [7, 11) is 2.21. The molecule has 0 saturated carbocycles. The minimum atomic E-state index is 0.411. The van der Waals surface area contributed by atoms with Crippen LogP contribution in [0.5, 0.6) is 0 Å². The summed E-state index contributed by atoms with van der Waals surface area (Å²) in [4.78, 5) is 2.45. The summed E-state index contributed by atoms with van der Waals surface area (Å²) >= 11 is 0. The molecule has 0 aliphatic carbocycles. The summed E-state index contributed by atoms with van der Waals surface area (Å²) < 4.78 is 0. The zero-order valence-electron chi connectivity index (χ0n) is 12.3. The van der Waals surface area contributed by atoms with Gasteiger partial charge in [-0.2, -0.15) is 0 Å². The first-order valence-corrected chi connectivity index (χ1v) is 7.08. The Balaban J connectivity index is 2.76. The fourth-order valence-electron chi connectivity index (χ4n) is 2.65. The monoisotopic (exact) mass is 248 g/mol. The van der Waals surface area contributed by atoms with Crippen molar-refractivity contribution < 1.29 is 0 Å². The highest BCUT2D eigenvalue weighted by atomic mass is 15.2. The smallest absolute Gasteiger partial charge is 0.0284 e. The van der Waals surface area contributed by atoms with E-state index in [1.165, 1.54) is 18.4 Å². The molecular formula is C16H28N2. The second-order valence-corrected chi connectivity index (χ2v) is 5.31. The van der Waals surface area contributed by atoms with Gasteiger partial charge >= 0.3 is 0 Å². The summed E-state index contributed by atoms with van der Waals surface area (Å²) in [5.74, 6) is 0.473. The molecule has 0 radical (unpaired) electrons. The summed E-state index contributed by atoms with van der Waals surface area (Å²) in [6.07, 6.45) is 2.46. The Kier molecular flexibility index (Phi) is 6.37. The van der Waals surface area contributed by atoms with Gasteiger partial charge in [0.25, 0.3) is 0 Å². The lowest BCUT2D eigenvalue weighted by Crippen LogP contribution is -2.46. The maximum atomic E-state index is 6.00. The topological polar surface area (TPSA) is 29.3 Å². The quantitative estimate of drug-likeness (QED) is 0.802. The van der Waals surface area contributed by atoms with E-state index in [2.05, 4.69) is 63.1 Å². The average molecular weight is 248 g/mol. The van der Waals surface area contributed by atoms with Crippen molar-refractivity contribution in [2.75, 3.05) is 13.6 Å². The fourth-order valence-corrected chi connectivity index (χ4v) is 2.65. The molecule has 0 bridgehead atoms. The Morgan fingerprint density at radius 1 is 1.17 bits per heavy atom. The molecule has 102 valence electrons. The number of hydrogen-bond acceptors (Lipinski definition) is 2. The highest BCUT2D eigenvalue weighted by Gasteiger charge is 2.24. The predicted octanol–water partition coefficient (Wildman–Crippen LogP) is 3.24. The number of nitrogens with two attached hydrogens (primary N) is 1. The lowest BCUT2D eigenvalue weighted by atomic mass is 9.91. The number of likely N-dealkylation sites (N-methyl/N-ethyl adjacent to an activating group) is 1. The zero-order valence-corrected chi connectivity index (χ0v) is 12.3. The standard InChI is InChI=1S/C16H28N2/c1-5-9-13(2)18(4)16(12-17)14(3)15-10-7-6-8-11-15/h6-8,10-11,13-14,16H,5,9,12,17H2,1-4H3. The van der Waals surface area contributed by atoms with Gasteiger partial charge in [0.1, 0.15) is 0 Å². The summed E-state index contributed by atoms with van der Waals surface area (Å²) in [6.45, 7) is 7.52. The summed E-state index contributed by atoms with van der Waals surface area (Å²) in [5.41, 5.74) is 7.38. The van der Waals surface area contributed by atoms with Crippen molar-refractivity contribution >= 4 is 0 Å². The van der Waals surface area contributed by atoms with E-state index in [1.54, 1.807) is 0 Å². The van der Waals surface area contributed by atoms with Gasteiger partial charge in [-0.15, -0.1) is 0 Å². The molecule has 0 aromatic heterocycles. The van der Waals surface area contributed by atoms with Crippen LogP contribution in [0.4, 0.5) is 0 Å². The summed E-state index contributed by atoms with van der Waals surface area (Å²) in [5, 5.41) is 0. The largest absolute Gasteiger partial charge is 0.329 e. The average Bonchev–Trinajstić information content (AvgIpc) is 2.40. The van der Waals surface area contributed by atoms with Gasteiger partial charge in [0.05, 0.1) is 0 Å². The van der Waals surface area contributed by atoms with Crippen LogP contribution in [0.15, 0.2) is 30.3 Å². The fraction of sp³-hybridized carbons (Fsp3) is 0.625. The van der Waals surface area contributed by atoms with Crippen LogP contribution in [0, 0.1) is 0 Å². The molecule has 0 aliphatic heterocycles. The van der Waals surface area contributed by atoms with Gasteiger partial charge in [-0.25, -0.2) is 0 Å². The van der Waals surface area contributed by atoms with E-state index in [1.807, 2.05) is 0 Å². The van der Waals surface area contributed by atoms with Crippen LogP contribution in [0.2, 0.25) is 0 Å². The minimum Gasteiger partial charge on any atom is -0.329 e. The Hall–Kier alpha value is -0.860. The Morgan fingerprint density at radius 2 is 1.78 bits per heavy atom. The molecule has 0 spiro atoms. The highest BCUT2D eigenvalue weighted by Crippen LogP contribution is 2.23. The first-order chi connectivity index (χ1) is 8.61. The second-order valence-electron chi connectivity index (χ2n) is 5.31. The van der Waals surface area contributed by atoms with Gasteiger partial charge in [0, 0.05) is 18.6 Å². The van der Waals surface area contributed by atoms with Crippen molar-refractivity contribution in [2.45, 2.75) is 51.6 Å². The molecule has 0 amide bonds. The Bertz CT molecular complexity index is 323. The third-order valence-electron chi connectivity index (χ3n) is 4.07. The lowest BCUT2D eigenvalue weighted by Gasteiger charge is -2.36. The maximum absolute atomic E-state index is 6.00. The molecule has 18 heavy (non-hydrogen) atoms. The Labute approximate surface area is 112 Å². The van der Waals surface area contributed by atoms with E-state index in [-0.39, 0.29) is 0 Å². The number of benzene rings is 1. The van der Waals surface area contributed by atoms with E-state index >= 15 is 0 Å². The van der Waals surface area contributed by atoms with Gasteiger partial charge in [-0.1, -0.05) is 50.6 Å². The van der Waals surface area contributed by atoms with E-state index < -0.39 is 0 Å². The van der Waals surface area contributed by atoms with Crippen molar-refractivity contribution in [1.82, 2.24) is 4.90 Å². The van der Waals surface area contributed by atoms with Crippen LogP contribution in [0.1, 0.15) is 45.1 Å². The molecule has 2 N–H and O–H groups in total. The lowest BCUT2D eigenvalue weighted by molar-refractivity contribution is 0.160. The molecule has 2 nitrogen and oxygen atoms in total. The van der Waals surface area contributed by atoms with E-state index in [9.17, 15) is 0 Å². The third kappa shape index (κ3) is 3.82. The minimum absolute atomic E-state index is 0.411. The SMILES string of the molecule is CCCC(C)N(C)C(CN)C(C)c1ccccc1. The number of nitrogens with zero attached hydrogens (tertiary/aromatic N) is 1. The predicted molar refractivity (Wildman–Crippen MR) is 79.8 cm³/mol. The second kappa shape index (κ2) is 7.55. The van der Waals surface area contributed by atoms with Gasteiger partial charge in [0.2, 0.25) is 0 Å². The molecule has 3 unspecified atom stereocenters. The molecule has 0 heterocycles. The van der Waals surface area contributed by atoms with Crippen LogP contribution in [0.3, 0.4) is 0 Å². The maximum Gasteiger partial charge on any atom is 0.0284 e. The molecule has 2 heteroatoms. The number of rotatable bonds is 7. The van der Waals surface area contributed by atoms with Crippen LogP contribution < -0.4 is 5.73 Å². The highest BCUT2D eigenvalue weighted by molar-refractivity contribution is 5.20. The molecule has 3 atom stereocenters. The van der Waals surface area contributed by atoms with Crippen LogP contribution in [-0.4, -0.2) is 30.6 Å². The number of hydrogen-bond donors (Lipinski definition) is 1. The van der Waals surface area contributed by atoms with Gasteiger partial charge in [-0.3, -0.25) is 4.90 Å². The van der Waals surface area contributed by atoms with Crippen LogP contribution in [0.25, 0.3) is 0 Å². The molecule has 0 aliphatic rings. The van der Waals surface area contributed by atoms with E-state index in [4.69, 9.17) is 5.73 Å². The molecule has 1 rings (SSSR count). The van der Waals surface area contributed by atoms with E-state index in [0.717, 1.165) is 0 Å². The van der Waals surface area contributed by atoms with Gasteiger partial charge < -0.3 is 5.73 Å². The van der Waals surface area contributed by atoms with Gasteiger partial charge in [0.15, 0.2) is 0 Å². The molecule has 1 aromatic carbocycles. The first kappa shape index (κ1) is 15.2. The van der Waals surface area contributed by atoms with E-state index in [0.29, 0.717) is 24.5 Å². The molecular weight excluding hydrogens is 220 g/mol. The molecule has 0 fully saturated rings. The summed E-state index contributed by atoms with van der Waals surface area (Å²) in [6, 6.07) is 11.7. The van der Waals surface area contributed by atoms with Gasteiger partial charge in [-0.05, 0) is 31.9 Å². The van der Waals surface area contributed by atoms with Crippen LogP contribution in [-0.2, 0) is 0 Å². The molecule has 1 aromatic rings. The third-order valence-corrected chi connectivity index (χ3v) is 4.07.